The molecule has 0 aliphatic heterocycles. The quantitative estimate of drug-likeness (QED) is 0.607. The summed E-state index contributed by atoms with van der Waals surface area (Å²) >= 11 is 5.00. The van der Waals surface area contributed by atoms with Crippen molar-refractivity contribution in [2.45, 2.75) is 12.7 Å². The Morgan fingerprint density at radius 1 is 1.27 bits per heavy atom. The van der Waals surface area contributed by atoms with Crippen LogP contribution in [0.25, 0.3) is 0 Å². The zero-order valence-corrected chi connectivity index (χ0v) is 14.7. The highest BCUT2D eigenvalue weighted by Crippen LogP contribution is 2.16. The number of hydrazone groups is 1. The molecule has 0 bridgehead atoms. The maximum atomic E-state index is 11.7. The Labute approximate surface area is 143 Å². The topological polar surface area (TPSA) is 41.5 Å². The summed E-state index contributed by atoms with van der Waals surface area (Å²) in [5.41, 5.74) is 5.90. The first-order valence-corrected chi connectivity index (χ1v) is 8.79. The molecule has 2 rings (SSSR count). The molecule has 2 aromatic carbocycles. The van der Waals surface area contributed by atoms with Crippen molar-refractivity contribution in [2.75, 3.05) is 5.75 Å². The number of carbonyl (C=O) groups excluding carboxylic acids is 1. The third-order valence-electron chi connectivity index (χ3n) is 2.87. The number of nitrogens with zero attached hydrogens (tertiary/aromatic N) is 1. The molecular formula is C17H17BrN2OS. The minimum absolute atomic E-state index is 0.0941. The minimum Gasteiger partial charge on any atom is -0.272 e. The average molecular weight is 377 g/mol. The summed E-state index contributed by atoms with van der Waals surface area (Å²) in [5, 5.41) is 3.97. The van der Waals surface area contributed by atoms with Crippen molar-refractivity contribution in [3.63, 3.8) is 0 Å². The molecule has 114 valence electrons. The lowest BCUT2D eigenvalue weighted by Crippen LogP contribution is -2.19. The summed E-state index contributed by atoms with van der Waals surface area (Å²) < 4.78 is 1.05. The lowest BCUT2D eigenvalue weighted by Gasteiger charge is -2.02. The summed E-state index contributed by atoms with van der Waals surface area (Å²) in [7, 11) is 0. The molecule has 22 heavy (non-hydrogen) atoms. The first-order valence-electron chi connectivity index (χ1n) is 6.84. The van der Waals surface area contributed by atoms with Crippen molar-refractivity contribution in [3.8, 4) is 0 Å². The van der Waals surface area contributed by atoms with Crippen LogP contribution in [-0.4, -0.2) is 17.9 Å². The highest BCUT2D eigenvalue weighted by Gasteiger charge is 2.01. The number of aryl methyl sites for hydroxylation is 1. The largest absolute Gasteiger partial charge is 0.272 e. The predicted molar refractivity (Wildman–Crippen MR) is 97.2 cm³/mol. The molecule has 0 radical (unpaired) electrons. The van der Waals surface area contributed by atoms with Crippen LogP contribution in [0.15, 0.2) is 58.1 Å². The lowest BCUT2D eigenvalue weighted by molar-refractivity contribution is -0.118. The molecule has 1 N–H and O–H groups in total. The lowest BCUT2D eigenvalue weighted by atomic mass is 10.2. The van der Waals surface area contributed by atoms with Gasteiger partial charge in [-0.3, -0.25) is 4.79 Å². The Bertz CT molecular complexity index is 656. The molecule has 0 unspecified atom stereocenters. The number of nitrogens with one attached hydrogen (secondary N) is 1. The Hall–Kier alpha value is -1.59. The van der Waals surface area contributed by atoms with Crippen LogP contribution in [0.5, 0.6) is 0 Å². The second-order valence-corrected chi connectivity index (χ2v) is 6.73. The Morgan fingerprint density at radius 3 is 2.77 bits per heavy atom. The second-order valence-electron chi connectivity index (χ2n) is 4.83. The van der Waals surface area contributed by atoms with Crippen LogP contribution in [0.1, 0.15) is 16.7 Å². The van der Waals surface area contributed by atoms with E-state index in [2.05, 4.69) is 32.5 Å². The fourth-order valence-corrected chi connectivity index (χ4v) is 2.97. The van der Waals surface area contributed by atoms with Crippen molar-refractivity contribution in [1.29, 1.82) is 0 Å². The van der Waals surface area contributed by atoms with Crippen molar-refractivity contribution in [2.24, 2.45) is 5.10 Å². The van der Waals surface area contributed by atoms with E-state index < -0.39 is 0 Å². The van der Waals surface area contributed by atoms with Crippen LogP contribution >= 0.6 is 27.7 Å². The summed E-state index contributed by atoms with van der Waals surface area (Å²) in [5.74, 6) is 1.09. The summed E-state index contributed by atoms with van der Waals surface area (Å²) in [4.78, 5) is 11.7. The molecule has 0 aromatic heterocycles. The van der Waals surface area contributed by atoms with Crippen LogP contribution < -0.4 is 5.43 Å². The third kappa shape index (κ3) is 6.03. The molecular weight excluding hydrogens is 360 g/mol. The van der Waals surface area contributed by atoms with Gasteiger partial charge in [-0.05, 0) is 30.2 Å². The van der Waals surface area contributed by atoms with E-state index >= 15 is 0 Å². The number of thioether (sulfide) groups is 1. The number of rotatable bonds is 6. The summed E-state index contributed by atoms with van der Waals surface area (Å²) in [6, 6.07) is 16.0. The number of hydrogen-bond acceptors (Lipinski definition) is 3. The van der Waals surface area contributed by atoms with Crippen molar-refractivity contribution < 1.29 is 4.79 Å². The molecule has 0 aliphatic carbocycles. The monoisotopic (exact) mass is 376 g/mol. The fraction of sp³-hybridized carbons (Fsp3) is 0.176. The van der Waals surface area contributed by atoms with E-state index in [0.717, 1.165) is 15.8 Å². The Morgan fingerprint density at radius 2 is 2.05 bits per heavy atom. The minimum atomic E-state index is -0.0941. The van der Waals surface area contributed by atoms with Gasteiger partial charge < -0.3 is 0 Å². The highest BCUT2D eigenvalue weighted by molar-refractivity contribution is 9.10. The van der Waals surface area contributed by atoms with Crippen LogP contribution in [0.3, 0.4) is 0 Å². The molecule has 5 heteroatoms. The van der Waals surface area contributed by atoms with Gasteiger partial charge in [-0.1, -0.05) is 57.9 Å². The number of halogens is 1. The van der Waals surface area contributed by atoms with Gasteiger partial charge in [0.1, 0.15) is 0 Å². The highest BCUT2D eigenvalue weighted by atomic mass is 79.9. The van der Waals surface area contributed by atoms with Crippen molar-refractivity contribution in [1.82, 2.24) is 5.43 Å². The van der Waals surface area contributed by atoms with Gasteiger partial charge in [0.15, 0.2) is 0 Å². The Balaban J connectivity index is 1.70. The van der Waals surface area contributed by atoms with Gasteiger partial charge in [0.2, 0.25) is 5.91 Å². The molecule has 0 saturated carbocycles. The second kappa shape index (κ2) is 8.76. The molecule has 0 atom stereocenters. The van der Waals surface area contributed by atoms with E-state index in [-0.39, 0.29) is 5.91 Å². The molecule has 0 heterocycles. The maximum absolute atomic E-state index is 11.7. The van der Waals surface area contributed by atoms with E-state index in [0.29, 0.717) is 5.75 Å². The van der Waals surface area contributed by atoms with E-state index in [1.165, 1.54) is 11.1 Å². The van der Waals surface area contributed by atoms with Gasteiger partial charge in [-0.15, -0.1) is 11.8 Å². The average Bonchev–Trinajstić information content (AvgIpc) is 2.49. The van der Waals surface area contributed by atoms with Gasteiger partial charge >= 0.3 is 0 Å². The number of amides is 1. The smallest absolute Gasteiger partial charge is 0.250 e. The van der Waals surface area contributed by atoms with Crippen LogP contribution in [0.2, 0.25) is 0 Å². The van der Waals surface area contributed by atoms with E-state index in [1.54, 1.807) is 18.0 Å². The summed E-state index contributed by atoms with van der Waals surface area (Å²) in [6.45, 7) is 2.03. The van der Waals surface area contributed by atoms with Crippen molar-refractivity contribution >= 4 is 39.8 Å². The fourth-order valence-electron chi connectivity index (χ4n) is 1.75. The molecule has 0 fully saturated rings. The van der Waals surface area contributed by atoms with Crippen LogP contribution in [0, 0.1) is 6.92 Å². The van der Waals surface area contributed by atoms with Gasteiger partial charge in [0.25, 0.3) is 0 Å². The molecule has 0 spiro atoms. The van der Waals surface area contributed by atoms with Gasteiger partial charge in [0, 0.05) is 10.2 Å². The van der Waals surface area contributed by atoms with Crippen molar-refractivity contribution in [3.05, 3.63) is 69.7 Å². The number of benzene rings is 2. The molecule has 0 saturated heterocycles. The molecule has 1 amide bonds. The summed E-state index contributed by atoms with van der Waals surface area (Å²) in [6.07, 6.45) is 1.65. The third-order valence-corrected chi connectivity index (χ3v) is 4.37. The standard InChI is InChI=1S/C17H17BrN2OS/c1-13-5-7-14(8-6-13)10-19-20-17(21)12-22-11-15-3-2-4-16(18)9-15/h2-10H,11-12H2,1H3,(H,20,21)/b19-10-. The van der Waals surface area contributed by atoms with Gasteiger partial charge in [-0.2, -0.15) is 5.10 Å². The molecule has 3 nitrogen and oxygen atoms in total. The van der Waals surface area contributed by atoms with Gasteiger partial charge in [-0.25, -0.2) is 5.43 Å². The maximum Gasteiger partial charge on any atom is 0.250 e. The zero-order chi connectivity index (χ0) is 15.8. The number of carbonyl (C=O) groups is 1. The first-order chi connectivity index (χ1) is 10.6. The first kappa shape index (κ1) is 16.8. The van der Waals surface area contributed by atoms with Crippen LogP contribution in [0.4, 0.5) is 0 Å². The van der Waals surface area contributed by atoms with Gasteiger partial charge in [0.05, 0.1) is 12.0 Å². The predicted octanol–water partition coefficient (Wildman–Crippen LogP) is 4.14. The molecule has 0 aliphatic rings. The SMILES string of the molecule is Cc1ccc(/C=N\NC(=O)CSCc2cccc(Br)c2)cc1. The van der Waals surface area contributed by atoms with E-state index in [4.69, 9.17) is 0 Å². The van der Waals surface area contributed by atoms with E-state index in [9.17, 15) is 4.79 Å². The van der Waals surface area contributed by atoms with E-state index in [1.807, 2.05) is 49.4 Å². The zero-order valence-electron chi connectivity index (χ0n) is 12.3. The van der Waals surface area contributed by atoms with Crippen LogP contribution in [-0.2, 0) is 10.5 Å². The Kier molecular flexibility index (Phi) is 6.68. The normalized spacial score (nSPS) is 10.8. The number of hydrogen-bond donors (Lipinski definition) is 1. The molecule has 2 aromatic rings.